The van der Waals surface area contributed by atoms with Crippen LogP contribution in [0.2, 0.25) is 0 Å². The van der Waals surface area contributed by atoms with Gasteiger partial charge in [0.15, 0.2) is 5.58 Å². The lowest BCUT2D eigenvalue weighted by Crippen LogP contribution is -2.13. The van der Waals surface area contributed by atoms with Gasteiger partial charge in [-0.3, -0.25) is 4.79 Å². The van der Waals surface area contributed by atoms with Crippen LogP contribution in [0.3, 0.4) is 0 Å². The molecule has 0 aliphatic carbocycles. The number of hydrogen-bond acceptors (Lipinski definition) is 5. The third-order valence-electron chi connectivity index (χ3n) is 4.85. The molecule has 0 spiro atoms. The number of anilines is 1. The van der Waals surface area contributed by atoms with Gasteiger partial charge in [0.25, 0.3) is 0 Å². The summed E-state index contributed by atoms with van der Waals surface area (Å²) in [6.07, 6.45) is 0.944. The molecule has 0 saturated heterocycles. The summed E-state index contributed by atoms with van der Waals surface area (Å²) in [5.74, 6) is 1.93. The Morgan fingerprint density at radius 3 is 2.61 bits per heavy atom. The van der Waals surface area contributed by atoms with Crippen molar-refractivity contribution < 1.29 is 18.7 Å². The molecule has 3 aromatic carbocycles. The lowest BCUT2D eigenvalue weighted by atomic mass is 10.1. The van der Waals surface area contributed by atoms with Crippen molar-refractivity contribution in [2.24, 2.45) is 0 Å². The SMILES string of the molecule is COc1ccc(OCCCC(=O)Nc2ccccc2-c2nc3cc(C)ccc3o2)cc1. The lowest BCUT2D eigenvalue weighted by Gasteiger charge is -2.10. The summed E-state index contributed by atoms with van der Waals surface area (Å²) in [4.78, 5) is 17.1. The average molecular weight is 416 g/mol. The molecule has 1 heterocycles. The standard InChI is InChI=1S/C25H24N2O4/c1-17-9-14-23-22(16-17)27-25(31-23)20-6-3-4-7-21(20)26-24(28)8-5-15-30-19-12-10-18(29-2)11-13-19/h3-4,6-7,9-14,16H,5,8,15H2,1-2H3,(H,26,28). The Bertz CT molecular complexity index is 1180. The molecular weight excluding hydrogens is 392 g/mol. The Labute approximate surface area is 180 Å². The van der Waals surface area contributed by atoms with Crippen LogP contribution < -0.4 is 14.8 Å². The number of ether oxygens (including phenoxy) is 2. The topological polar surface area (TPSA) is 73.6 Å². The minimum atomic E-state index is -0.0854. The number of oxazole rings is 1. The zero-order valence-corrected chi connectivity index (χ0v) is 17.6. The third kappa shape index (κ3) is 5.04. The van der Waals surface area contributed by atoms with Crippen molar-refractivity contribution in [3.8, 4) is 23.0 Å². The van der Waals surface area contributed by atoms with Crippen LogP contribution in [0.25, 0.3) is 22.6 Å². The van der Waals surface area contributed by atoms with Gasteiger partial charge in [0, 0.05) is 6.42 Å². The fraction of sp³-hybridized carbons (Fsp3) is 0.200. The van der Waals surface area contributed by atoms with E-state index in [2.05, 4.69) is 10.3 Å². The molecule has 1 amide bonds. The van der Waals surface area contributed by atoms with Crippen molar-refractivity contribution in [3.05, 3.63) is 72.3 Å². The average Bonchev–Trinajstić information content (AvgIpc) is 3.20. The van der Waals surface area contributed by atoms with Gasteiger partial charge in [-0.2, -0.15) is 0 Å². The molecule has 0 radical (unpaired) electrons. The van der Waals surface area contributed by atoms with Gasteiger partial charge in [0.1, 0.15) is 17.0 Å². The van der Waals surface area contributed by atoms with E-state index in [9.17, 15) is 4.79 Å². The van der Waals surface area contributed by atoms with E-state index in [0.717, 1.165) is 33.7 Å². The summed E-state index contributed by atoms with van der Waals surface area (Å²) >= 11 is 0. The first kappa shape index (κ1) is 20.5. The summed E-state index contributed by atoms with van der Waals surface area (Å²) in [6, 6.07) is 20.7. The van der Waals surface area contributed by atoms with Gasteiger partial charge < -0.3 is 19.2 Å². The minimum absolute atomic E-state index is 0.0854. The van der Waals surface area contributed by atoms with Gasteiger partial charge in [-0.25, -0.2) is 4.98 Å². The highest BCUT2D eigenvalue weighted by molar-refractivity contribution is 5.95. The van der Waals surface area contributed by atoms with Crippen molar-refractivity contribution in [1.29, 1.82) is 0 Å². The number of hydrogen-bond donors (Lipinski definition) is 1. The second-order valence-corrected chi connectivity index (χ2v) is 7.21. The second-order valence-electron chi connectivity index (χ2n) is 7.21. The number of aromatic nitrogens is 1. The maximum atomic E-state index is 12.5. The zero-order chi connectivity index (χ0) is 21.6. The Kier molecular flexibility index (Phi) is 6.17. The Balaban J connectivity index is 1.36. The molecule has 158 valence electrons. The molecule has 0 fully saturated rings. The van der Waals surface area contributed by atoms with E-state index in [4.69, 9.17) is 13.9 Å². The number of benzene rings is 3. The highest BCUT2D eigenvalue weighted by atomic mass is 16.5. The molecule has 1 aromatic heterocycles. The molecular formula is C25H24N2O4. The number of nitrogens with one attached hydrogen (secondary N) is 1. The number of rotatable bonds is 8. The monoisotopic (exact) mass is 416 g/mol. The maximum absolute atomic E-state index is 12.5. The lowest BCUT2D eigenvalue weighted by molar-refractivity contribution is -0.116. The van der Waals surface area contributed by atoms with Crippen molar-refractivity contribution in [1.82, 2.24) is 4.98 Å². The number of aryl methyl sites for hydroxylation is 1. The minimum Gasteiger partial charge on any atom is -0.497 e. The molecule has 0 unspecified atom stereocenters. The van der Waals surface area contributed by atoms with Crippen molar-refractivity contribution in [2.75, 3.05) is 19.0 Å². The molecule has 1 N–H and O–H groups in total. The molecule has 0 atom stereocenters. The fourth-order valence-corrected chi connectivity index (χ4v) is 3.24. The van der Waals surface area contributed by atoms with Crippen LogP contribution in [0.4, 0.5) is 5.69 Å². The molecule has 0 bridgehead atoms. The molecule has 0 saturated carbocycles. The Hall–Kier alpha value is -3.80. The largest absolute Gasteiger partial charge is 0.497 e. The van der Waals surface area contributed by atoms with Gasteiger partial charge in [0.05, 0.1) is 25.0 Å². The second kappa shape index (κ2) is 9.34. The Morgan fingerprint density at radius 2 is 1.81 bits per heavy atom. The van der Waals surface area contributed by atoms with E-state index in [-0.39, 0.29) is 5.91 Å². The third-order valence-corrected chi connectivity index (χ3v) is 4.85. The molecule has 0 aliphatic rings. The van der Waals surface area contributed by atoms with Gasteiger partial charge in [-0.05, 0) is 67.4 Å². The zero-order valence-electron chi connectivity index (χ0n) is 17.6. The van der Waals surface area contributed by atoms with E-state index >= 15 is 0 Å². The highest BCUT2D eigenvalue weighted by Crippen LogP contribution is 2.30. The van der Waals surface area contributed by atoms with Gasteiger partial charge in [-0.1, -0.05) is 18.2 Å². The number of methoxy groups -OCH3 is 1. The maximum Gasteiger partial charge on any atom is 0.229 e. The van der Waals surface area contributed by atoms with Crippen molar-refractivity contribution in [2.45, 2.75) is 19.8 Å². The smallest absolute Gasteiger partial charge is 0.229 e. The predicted molar refractivity (Wildman–Crippen MR) is 121 cm³/mol. The normalized spacial score (nSPS) is 10.8. The van der Waals surface area contributed by atoms with Gasteiger partial charge in [0.2, 0.25) is 11.8 Å². The van der Waals surface area contributed by atoms with Crippen LogP contribution >= 0.6 is 0 Å². The number of fused-ring (bicyclic) bond motifs is 1. The predicted octanol–water partition coefficient (Wildman–Crippen LogP) is 5.61. The first-order valence-electron chi connectivity index (χ1n) is 10.2. The number of carbonyl (C=O) groups is 1. The number of carbonyl (C=O) groups excluding carboxylic acids is 1. The van der Waals surface area contributed by atoms with Crippen LogP contribution in [-0.2, 0) is 4.79 Å². The quantitative estimate of drug-likeness (QED) is 0.378. The van der Waals surface area contributed by atoms with E-state index in [1.54, 1.807) is 7.11 Å². The van der Waals surface area contributed by atoms with Crippen LogP contribution in [0.5, 0.6) is 11.5 Å². The van der Waals surface area contributed by atoms with Crippen LogP contribution in [0.15, 0.2) is 71.1 Å². The molecule has 6 heteroatoms. The number of para-hydroxylation sites is 1. The number of amides is 1. The first-order valence-corrected chi connectivity index (χ1v) is 10.2. The Morgan fingerprint density at radius 1 is 1.03 bits per heavy atom. The number of nitrogens with zero attached hydrogens (tertiary/aromatic N) is 1. The molecule has 6 nitrogen and oxygen atoms in total. The van der Waals surface area contributed by atoms with E-state index in [1.165, 1.54) is 0 Å². The van der Waals surface area contributed by atoms with Crippen molar-refractivity contribution >= 4 is 22.7 Å². The molecule has 4 aromatic rings. The first-order chi connectivity index (χ1) is 15.1. The van der Waals surface area contributed by atoms with Crippen LogP contribution in [0.1, 0.15) is 18.4 Å². The molecule has 31 heavy (non-hydrogen) atoms. The van der Waals surface area contributed by atoms with Crippen molar-refractivity contribution in [3.63, 3.8) is 0 Å². The van der Waals surface area contributed by atoms with E-state index in [0.29, 0.717) is 31.0 Å². The molecule has 0 aliphatic heterocycles. The van der Waals surface area contributed by atoms with Gasteiger partial charge >= 0.3 is 0 Å². The summed E-state index contributed by atoms with van der Waals surface area (Å²) in [5.41, 5.74) is 4.06. The summed E-state index contributed by atoms with van der Waals surface area (Å²) in [6.45, 7) is 2.46. The summed E-state index contributed by atoms with van der Waals surface area (Å²) in [5, 5.41) is 2.97. The van der Waals surface area contributed by atoms with E-state index < -0.39 is 0 Å². The summed E-state index contributed by atoms with van der Waals surface area (Å²) in [7, 11) is 1.62. The molecule has 4 rings (SSSR count). The summed E-state index contributed by atoms with van der Waals surface area (Å²) < 4.78 is 16.7. The fourth-order valence-electron chi connectivity index (χ4n) is 3.24. The van der Waals surface area contributed by atoms with Crippen LogP contribution in [0, 0.1) is 6.92 Å². The van der Waals surface area contributed by atoms with Gasteiger partial charge in [-0.15, -0.1) is 0 Å². The van der Waals surface area contributed by atoms with E-state index in [1.807, 2.05) is 73.7 Å². The highest BCUT2D eigenvalue weighted by Gasteiger charge is 2.14. The van der Waals surface area contributed by atoms with Crippen LogP contribution in [-0.4, -0.2) is 24.6 Å².